The topological polar surface area (TPSA) is 39.3 Å². The lowest BCUT2D eigenvalue weighted by molar-refractivity contribution is -0.141. The first-order valence-electron chi connectivity index (χ1n) is 13.3. The van der Waals surface area contributed by atoms with Gasteiger partial charge in [-0.25, -0.2) is 0 Å². The van der Waals surface area contributed by atoms with Gasteiger partial charge in [0.1, 0.15) is 0 Å². The summed E-state index contributed by atoms with van der Waals surface area (Å²) < 4.78 is 0. The maximum absolute atomic E-state index is 13.8. The number of rotatable bonds is 5. The zero-order valence-corrected chi connectivity index (χ0v) is 23.1. The van der Waals surface area contributed by atoms with Crippen molar-refractivity contribution in [3.05, 3.63) is 92.8 Å². The minimum absolute atomic E-state index is 0.257. The van der Waals surface area contributed by atoms with Crippen LogP contribution in [0.1, 0.15) is 53.4 Å². The number of halogens is 1. The third-order valence-corrected chi connectivity index (χ3v) is 9.79. The number of aromatic nitrogens is 1. The average molecular weight is 532 g/mol. The molecule has 2 aliphatic rings. The monoisotopic (exact) mass is 531 g/mol. The van der Waals surface area contributed by atoms with E-state index in [1.807, 2.05) is 18.2 Å². The number of fused-ring (bicyclic) bond motifs is 4. The SMILES string of the molecule is CN(C)C(c1ccc(Cl)cc1)C1CCC2(CC1)c1[nH]c3ccccc3c1CCN2C(=O)Cc1cccs1. The molecule has 0 radical (unpaired) electrons. The van der Waals surface area contributed by atoms with Crippen molar-refractivity contribution in [1.29, 1.82) is 0 Å². The van der Waals surface area contributed by atoms with Crippen LogP contribution in [-0.4, -0.2) is 41.3 Å². The standard InChI is InChI=1S/C31H34ClN3OS/c1-34(2)29(21-9-11-23(32)12-10-21)22-13-16-31(17-14-22)30-26(25-7-3-4-8-27(25)33-30)15-18-35(31)28(36)20-24-6-5-19-37-24/h3-12,19,22,29,33H,13-18,20H2,1-2H3. The lowest BCUT2D eigenvalue weighted by Gasteiger charge is -2.52. The maximum atomic E-state index is 13.8. The number of para-hydroxylation sites is 1. The highest BCUT2D eigenvalue weighted by molar-refractivity contribution is 7.10. The van der Waals surface area contributed by atoms with Crippen molar-refractivity contribution in [3.63, 3.8) is 0 Å². The molecule has 3 heterocycles. The van der Waals surface area contributed by atoms with Gasteiger partial charge in [-0.1, -0.05) is 48.0 Å². The Balaban J connectivity index is 1.35. The molecule has 4 aromatic rings. The van der Waals surface area contributed by atoms with E-state index in [1.54, 1.807) is 11.3 Å². The van der Waals surface area contributed by atoms with Crippen molar-refractivity contribution in [3.8, 4) is 0 Å². The Bertz CT molecular complexity index is 1380. The summed E-state index contributed by atoms with van der Waals surface area (Å²) in [5.74, 6) is 0.776. The molecule has 1 aliphatic carbocycles. The molecule has 1 unspecified atom stereocenters. The molecule has 1 saturated carbocycles. The number of nitrogens with zero attached hydrogens (tertiary/aromatic N) is 2. The molecule has 6 rings (SSSR count). The first-order chi connectivity index (χ1) is 18.0. The van der Waals surface area contributed by atoms with Gasteiger partial charge in [0.25, 0.3) is 0 Å². The third-order valence-electron chi connectivity index (χ3n) is 8.66. The quantitative estimate of drug-likeness (QED) is 0.296. The maximum Gasteiger partial charge on any atom is 0.228 e. The second-order valence-electron chi connectivity index (χ2n) is 10.9. The van der Waals surface area contributed by atoms with Crippen LogP contribution < -0.4 is 0 Å². The number of H-pyrrole nitrogens is 1. The fourth-order valence-electron chi connectivity index (χ4n) is 7.06. The summed E-state index contributed by atoms with van der Waals surface area (Å²) in [6.07, 6.45) is 5.50. The third kappa shape index (κ3) is 4.41. The minimum atomic E-state index is -0.270. The van der Waals surface area contributed by atoms with E-state index >= 15 is 0 Å². The van der Waals surface area contributed by atoms with Gasteiger partial charge in [0.2, 0.25) is 5.91 Å². The lowest BCUT2D eigenvalue weighted by atomic mass is 9.68. The molecule has 6 heteroatoms. The van der Waals surface area contributed by atoms with Crippen LogP contribution in [0.2, 0.25) is 5.02 Å². The molecule has 2 aromatic heterocycles. The minimum Gasteiger partial charge on any atom is -0.356 e. The van der Waals surface area contributed by atoms with Gasteiger partial charge >= 0.3 is 0 Å². The molecule has 1 N–H and O–H groups in total. The van der Waals surface area contributed by atoms with Crippen LogP contribution in [0.3, 0.4) is 0 Å². The van der Waals surface area contributed by atoms with E-state index in [0.29, 0.717) is 18.4 Å². The van der Waals surface area contributed by atoms with Crippen molar-refractivity contribution in [2.24, 2.45) is 5.92 Å². The predicted molar refractivity (Wildman–Crippen MR) is 153 cm³/mol. The van der Waals surface area contributed by atoms with Gasteiger partial charge in [0.15, 0.2) is 0 Å². The van der Waals surface area contributed by atoms with Crippen molar-refractivity contribution in [2.75, 3.05) is 20.6 Å². The van der Waals surface area contributed by atoms with Crippen LogP contribution in [0.4, 0.5) is 0 Å². The predicted octanol–water partition coefficient (Wildman–Crippen LogP) is 7.20. The fraction of sp³-hybridized carbons (Fsp3) is 0.387. The highest BCUT2D eigenvalue weighted by atomic mass is 35.5. The highest BCUT2D eigenvalue weighted by Crippen LogP contribution is 2.51. The Kier molecular flexibility index (Phi) is 6.64. The Morgan fingerprint density at radius 1 is 1.11 bits per heavy atom. The van der Waals surface area contributed by atoms with E-state index in [2.05, 4.69) is 76.7 Å². The molecule has 1 amide bonds. The number of benzene rings is 2. The fourth-order valence-corrected chi connectivity index (χ4v) is 7.88. The van der Waals surface area contributed by atoms with Crippen molar-refractivity contribution >= 4 is 39.7 Å². The summed E-state index contributed by atoms with van der Waals surface area (Å²) in [5, 5.41) is 4.15. The van der Waals surface area contributed by atoms with E-state index in [-0.39, 0.29) is 11.4 Å². The van der Waals surface area contributed by atoms with Gasteiger partial charge in [-0.05, 0) is 92.9 Å². The normalized spacial score (nSPS) is 22.5. The second kappa shape index (κ2) is 9.94. The van der Waals surface area contributed by atoms with Gasteiger partial charge in [-0.2, -0.15) is 0 Å². The Morgan fingerprint density at radius 2 is 1.86 bits per heavy atom. The number of aromatic amines is 1. The average Bonchev–Trinajstić information content (AvgIpc) is 3.55. The zero-order valence-electron chi connectivity index (χ0n) is 21.5. The molecule has 0 bridgehead atoms. The number of nitrogens with one attached hydrogen (secondary N) is 1. The number of hydrogen-bond acceptors (Lipinski definition) is 3. The van der Waals surface area contributed by atoms with E-state index in [0.717, 1.165) is 48.5 Å². The van der Waals surface area contributed by atoms with Gasteiger partial charge in [-0.15, -0.1) is 11.3 Å². The van der Waals surface area contributed by atoms with Gasteiger partial charge in [0, 0.05) is 39.1 Å². The molecular formula is C31H34ClN3OS. The van der Waals surface area contributed by atoms with E-state index < -0.39 is 0 Å². The van der Waals surface area contributed by atoms with E-state index in [4.69, 9.17) is 11.6 Å². The Morgan fingerprint density at radius 3 is 2.57 bits per heavy atom. The second-order valence-corrected chi connectivity index (χ2v) is 12.4. The molecule has 1 spiro atoms. The van der Waals surface area contributed by atoms with Crippen LogP contribution in [0, 0.1) is 5.92 Å². The molecular weight excluding hydrogens is 498 g/mol. The number of amides is 1. The molecule has 0 saturated heterocycles. The Hall–Kier alpha value is -2.60. The molecule has 1 atom stereocenters. The summed E-state index contributed by atoms with van der Waals surface area (Å²) in [4.78, 5) is 23.4. The van der Waals surface area contributed by atoms with Crippen LogP contribution in [-0.2, 0) is 23.2 Å². The summed E-state index contributed by atoms with van der Waals surface area (Å²) in [6.45, 7) is 0.790. The summed E-state index contributed by atoms with van der Waals surface area (Å²) in [6, 6.07) is 21.4. The lowest BCUT2D eigenvalue weighted by Crippen LogP contribution is -2.56. The molecule has 37 heavy (non-hydrogen) atoms. The molecule has 4 nitrogen and oxygen atoms in total. The van der Waals surface area contributed by atoms with Crippen molar-refractivity contribution < 1.29 is 4.79 Å². The van der Waals surface area contributed by atoms with Crippen molar-refractivity contribution in [1.82, 2.24) is 14.8 Å². The van der Waals surface area contributed by atoms with Gasteiger partial charge in [0.05, 0.1) is 12.0 Å². The molecule has 1 aliphatic heterocycles. The molecule has 192 valence electrons. The van der Waals surface area contributed by atoms with Gasteiger partial charge in [-0.3, -0.25) is 4.79 Å². The van der Waals surface area contributed by atoms with Gasteiger partial charge < -0.3 is 14.8 Å². The summed E-state index contributed by atoms with van der Waals surface area (Å²) >= 11 is 7.88. The summed E-state index contributed by atoms with van der Waals surface area (Å²) in [5.41, 5.74) is 4.93. The number of carbonyl (C=O) groups is 1. The number of hydrogen-bond donors (Lipinski definition) is 1. The first kappa shape index (κ1) is 24.7. The molecule has 1 fully saturated rings. The smallest absolute Gasteiger partial charge is 0.228 e. The summed E-state index contributed by atoms with van der Waals surface area (Å²) in [7, 11) is 4.35. The largest absolute Gasteiger partial charge is 0.356 e. The zero-order chi connectivity index (χ0) is 25.6. The van der Waals surface area contributed by atoms with Crippen LogP contribution in [0.5, 0.6) is 0 Å². The Labute approximate surface area is 228 Å². The van der Waals surface area contributed by atoms with E-state index in [1.165, 1.54) is 27.7 Å². The van der Waals surface area contributed by atoms with Crippen LogP contribution in [0.15, 0.2) is 66.0 Å². The molecule has 2 aromatic carbocycles. The first-order valence-corrected chi connectivity index (χ1v) is 14.6. The van der Waals surface area contributed by atoms with E-state index in [9.17, 15) is 4.79 Å². The highest BCUT2D eigenvalue weighted by Gasteiger charge is 2.49. The van der Waals surface area contributed by atoms with Crippen LogP contribution in [0.25, 0.3) is 10.9 Å². The van der Waals surface area contributed by atoms with Crippen LogP contribution >= 0.6 is 22.9 Å². The van der Waals surface area contributed by atoms with Crippen molar-refractivity contribution in [2.45, 2.75) is 50.1 Å². The number of carbonyl (C=O) groups excluding carboxylic acids is 1. The number of thiophene rings is 1.